The Morgan fingerprint density at radius 3 is 2.75 bits per heavy atom. The van der Waals surface area contributed by atoms with Gasteiger partial charge >= 0.3 is 0 Å². The van der Waals surface area contributed by atoms with Crippen molar-refractivity contribution in [2.45, 2.75) is 25.7 Å². The van der Waals surface area contributed by atoms with Crippen molar-refractivity contribution in [2.24, 2.45) is 5.92 Å². The fraction of sp³-hybridized carbons (Fsp3) is 0.500. The number of H-pyrrole nitrogens is 1. The monoisotopic (exact) mass is 163 g/mol. The molecule has 2 rings (SSSR count). The lowest BCUT2D eigenvalue weighted by Crippen LogP contribution is -2.10. The highest BCUT2D eigenvalue weighted by Gasteiger charge is 2.23. The number of aromatic amines is 1. The summed E-state index contributed by atoms with van der Waals surface area (Å²) in [7, 11) is 0. The Hall–Kier alpha value is -1.05. The number of carbonyl (C=O) groups is 1. The standard InChI is InChI=1S/C10H13NO/c12-10(8-4-1-2-5-8)9-6-3-7-11-9/h3,6-8,11H,1-2,4-5H2. The van der Waals surface area contributed by atoms with E-state index in [1.54, 1.807) is 0 Å². The van der Waals surface area contributed by atoms with Crippen LogP contribution in [0.25, 0.3) is 0 Å². The summed E-state index contributed by atoms with van der Waals surface area (Å²) in [5.74, 6) is 0.598. The summed E-state index contributed by atoms with van der Waals surface area (Å²) in [6.07, 6.45) is 6.41. The van der Waals surface area contributed by atoms with Crippen molar-refractivity contribution in [3.8, 4) is 0 Å². The van der Waals surface area contributed by atoms with Gasteiger partial charge in [0.1, 0.15) is 0 Å². The summed E-state index contributed by atoms with van der Waals surface area (Å²) in [6, 6.07) is 3.74. The van der Waals surface area contributed by atoms with Crippen LogP contribution in [0.1, 0.15) is 36.2 Å². The first-order valence-corrected chi connectivity index (χ1v) is 4.55. The number of carbonyl (C=O) groups excluding carboxylic acids is 1. The van der Waals surface area contributed by atoms with E-state index < -0.39 is 0 Å². The molecule has 0 aromatic carbocycles. The Morgan fingerprint density at radius 2 is 2.17 bits per heavy atom. The average molecular weight is 163 g/mol. The summed E-state index contributed by atoms with van der Waals surface area (Å²) < 4.78 is 0. The molecule has 1 fully saturated rings. The maximum absolute atomic E-state index is 11.7. The van der Waals surface area contributed by atoms with E-state index in [2.05, 4.69) is 4.98 Å². The molecule has 12 heavy (non-hydrogen) atoms. The SMILES string of the molecule is O=C(c1ccc[nH]1)C1CCCC1. The normalized spacial score (nSPS) is 18.3. The lowest BCUT2D eigenvalue weighted by atomic mass is 10.0. The highest BCUT2D eigenvalue weighted by Crippen LogP contribution is 2.27. The maximum atomic E-state index is 11.7. The van der Waals surface area contributed by atoms with Crippen LogP contribution in [0, 0.1) is 5.92 Å². The molecule has 0 saturated heterocycles. The number of ketones is 1. The Balaban J connectivity index is 2.09. The summed E-state index contributed by atoms with van der Waals surface area (Å²) in [4.78, 5) is 14.6. The molecule has 0 aliphatic heterocycles. The third-order valence-corrected chi connectivity index (χ3v) is 2.59. The first-order valence-electron chi connectivity index (χ1n) is 4.55. The highest BCUT2D eigenvalue weighted by atomic mass is 16.1. The number of hydrogen-bond acceptors (Lipinski definition) is 1. The molecule has 0 radical (unpaired) electrons. The van der Waals surface area contributed by atoms with Gasteiger partial charge in [-0.2, -0.15) is 0 Å². The Morgan fingerprint density at radius 1 is 1.42 bits per heavy atom. The number of rotatable bonds is 2. The van der Waals surface area contributed by atoms with Gasteiger partial charge in [0.15, 0.2) is 5.78 Å². The lowest BCUT2D eigenvalue weighted by Gasteiger charge is -2.04. The van der Waals surface area contributed by atoms with Crippen molar-refractivity contribution in [1.29, 1.82) is 0 Å². The summed E-state index contributed by atoms with van der Waals surface area (Å²) in [6.45, 7) is 0. The molecule has 0 unspecified atom stereocenters. The molecule has 1 aliphatic carbocycles. The fourth-order valence-electron chi connectivity index (χ4n) is 1.89. The van der Waals surface area contributed by atoms with Crippen molar-refractivity contribution in [3.05, 3.63) is 24.0 Å². The number of aromatic nitrogens is 1. The first kappa shape index (κ1) is 7.59. The molecule has 2 nitrogen and oxygen atoms in total. The van der Waals surface area contributed by atoms with Crippen molar-refractivity contribution in [3.63, 3.8) is 0 Å². The van der Waals surface area contributed by atoms with Gasteiger partial charge in [-0.05, 0) is 25.0 Å². The molecule has 1 saturated carbocycles. The van der Waals surface area contributed by atoms with E-state index in [4.69, 9.17) is 0 Å². The van der Waals surface area contributed by atoms with Crippen molar-refractivity contribution in [2.75, 3.05) is 0 Å². The van der Waals surface area contributed by atoms with Crippen molar-refractivity contribution < 1.29 is 4.79 Å². The van der Waals surface area contributed by atoms with Gasteiger partial charge in [0.2, 0.25) is 0 Å². The van der Waals surface area contributed by atoms with Gasteiger partial charge in [0, 0.05) is 12.1 Å². The number of nitrogens with one attached hydrogen (secondary N) is 1. The van der Waals surface area contributed by atoms with E-state index in [1.807, 2.05) is 18.3 Å². The van der Waals surface area contributed by atoms with E-state index in [-0.39, 0.29) is 0 Å². The Labute approximate surface area is 72.0 Å². The second-order valence-electron chi connectivity index (χ2n) is 3.43. The molecule has 1 aromatic heterocycles. The lowest BCUT2D eigenvalue weighted by molar-refractivity contribution is 0.0918. The van der Waals surface area contributed by atoms with Crippen molar-refractivity contribution >= 4 is 5.78 Å². The summed E-state index contributed by atoms with van der Waals surface area (Å²) in [5.41, 5.74) is 0.780. The molecule has 1 N–H and O–H groups in total. The van der Waals surface area contributed by atoms with Crippen LogP contribution >= 0.6 is 0 Å². The average Bonchev–Trinajstić information content (AvgIpc) is 2.77. The third-order valence-electron chi connectivity index (χ3n) is 2.59. The Bertz CT molecular complexity index is 257. The highest BCUT2D eigenvalue weighted by molar-refractivity contribution is 5.96. The van der Waals surface area contributed by atoms with Gasteiger partial charge in [-0.15, -0.1) is 0 Å². The zero-order chi connectivity index (χ0) is 8.39. The number of Topliss-reactive ketones (excluding diaryl/α,β-unsaturated/α-hetero) is 1. The second-order valence-corrected chi connectivity index (χ2v) is 3.43. The minimum absolute atomic E-state index is 0.295. The maximum Gasteiger partial charge on any atom is 0.182 e. The molecular formula is C10H13NO. The minimum atomic E-state index is 0.295. The van der Waals surface area contributed by atoms with Crippen LogP contribution in [-0.2, 0) is 0 Å². The van der Waals surface area contributed by atoms with Crippen LogP contribution in [0.3, 0.4) is 0 Å². The molecule has 1 aromatic rings. The predicted octanol–water partition coefficient (Wildman–Crippen LogP) is 2.39. The molecule has 2 heteroatoms. The molecule has 0 spiro atoms. The van der Waals surface area contributed by atoms with Crippen LogP contribution in [0.15, 0.2) is 18.3 Å². The van der Waals surface area contributed by atoms with E-state index in [0.29, 0.717) is 11.7 Å². The van der Waals surface area contributed by atoms with E-state index >= 15 is 0 Å². The number of hydrogen-bond donors (Lipinski definition) is 1. The molecule has 1 heterocycles. The van der Waals surface area contributed by atoms with Gasteiger partial charge in [-0.25, -0.2) is 0 Å². The zero-order valence-electron chi connectivity index (χ0n) is 7.05. The molecular weight excluding hydrogens is 150 g/mol. The van der Waals surface area contributed by atoms with Gasteiger partial charge in [-0.3, -0.25) is 4.79 Å². The van der Waals surface area contributed by atoms with Crippen LogP contribution in [0.5, 0.6) is 0 Å². The Kier molecular flexibility index (Phi) is 1.98. The summed E-state index contributed by atoms with van der Waals surface area (Å²) in [5, 5.41) is 0. The first-order chi connectivity index (χ1) is 5.88. The van der Waals surface area contributed by atoms with Gasteiger partial charge in [-0.1, -0.05) is 12.8 Å². The molecule has 1 aliphatic rings. The van der Waals surface area contributed by atoms with E-state index in [9.17, 15) is 4.79 Å². The van der Waals surface area contributed by atoms with E-state index in [1.165, 1.54) is 12.8 Å². The van der Waals surface area contributed by atoms with Crippen LogP contribution in [0.4, 0.5) is 0 Å². The van der Waals surface area contributed by atoms with E-state index in [0.717, 1.165) is 18.5 Å². The van der Waals surface area contributed by atoms with Crippen LogP contribution in [-0.4, -0.2) is 10.8 Å². The second kappa shape index (κ2) is 3.13. The minimum Gasteiger partial charge on any atom is -0.359 e. The smallest absolute Gasteiger partial charge is 0.182 e. The molecule has 0 amide bonds. The molecule has 64 valence electrons. The van der Waals surface area contributed by atoms with Gasteiger partial charge in [0.25, 0.3) is 0 Å². The molecule has 0 atom stereocenters. The van der Waals surface area contributed by atoms with Crippen LogP contribution in [0.2, 0.25) is 0 Å². The van der Waals surface area contributed by atoms with Crippen LogP contribution < -0.4 is 0 Å². The van der Waals surface area contributed by atoms with Crippen molar-refractivity contribution in [1.82, 2.24) is 4.98 Å². The largest absolute Gasteiger partial charge is 0.359 e. The van der Waals surface area contributed by atoms with Gasteiger partial charge in [0.05, 0.1) is 5.69 Å². The summed E-state index contributed by atoms with van der Waals surface area (Å²) >= 11 is 0. The molecule has 0 bridgehead atoms. The topological polar surface area (TPSA) is 32.9 Å². The zero-order valence-corrected chi connectivity index (χ0v) is 7.05. The third kappa shape index (κ3) is 1.29. The fourth-order valence-corrected chi connectivity index (χ4v) is 1.89. The van der Waals surface area contributed by atoms with Gasteiger partial charge < -0.3 is 4.98 Å². The quantitative estimate of drug-likeness (QED) is 0.667. The predicted molar refractivity (Wildman–Crippen MR) is 47.1 cm³/mol.